The summed E-state index contributed by atoms with van der Waals surface area (Å²) in [7, 11) is 0. The molecule has 1 fully saturated rings. The third-order valence-electron chi connectivity index (χ3n) is 3.96. The molecule has 24 heavy (non-hydrogen) atoms. The van der Waals surface area contributed by atoms with Gasteiger partial charge in [-0.3, -0.25) is 14.3 Å². The number of amides is 3. The van der Waals surface area contributed by atoms with Crippen LogP contribution in [0.1, 0.15) is 24.9 Å². The van der Waals surface area contributed by atoms with Crippen molar-refractivity contribution in [1.29, 1.82) is 0 Å². The van der Waals surface area contributed by atoms with Crippen molar-refractivity contribution in [2.24, 2.45) is 0 Å². The molecule has 1 saturated heterocycles. The Hall–Kier alpha value is -2.84. The van der Waals surface area contributed by atoms with Crippen LogP contribution in [0.25, 0.3) is 0 Å². The van der Waals surface area contributed by atoms with E-state index in [4.69, 9.17) is 0 Å². The zero-order valence-corrected chi connectivity index (χ0v) is 12.5. The van der Waals surface area contributed by atoms with Crippen LogP contribution < -0.4 is 5.32 Å². The van der Waals surface area contributed by atoms with Crippen molar-refractivity contribution in [3.05, 3.63) is 53.9 Å². The lowest BCUT2D eigenvalue weighted by molar-refractivity contribution is -0.131. The highest BCUT2D eigenvalue weighted by Crippen LogP contribution is 2.30. The molecule has 0 saturated carbocycles. The van der Waals surface area contributed by atoms with Crippen LogP contribution in [-0.4, -0.2) is 26.4 Å². The molecule has 0 radical (unpaired) electrons. The van der Waals surface area contributed by atoms with Crippen molar-refractivity contribution in [3.63, 3.8) is 0 Å². The number of hydrogen-bond acceptors (Lipinski definition) is 3. The van der Waals surface area contributed by atoms with E-state index in [9.17, 15) is 22.8 Å². The lowest BCUT2D eigenvalue weighted by atomic mass is 9.92. The average Bonchev–Trinajstić information content (AvgIpc) is 3.08. The average molecular weight is 338 g/mol. The van der Waals surface area contributed by atoms with Gasteiger partial charge in [0.25, 0.3) is 5.91 Å². The highest BCUT2D eigenvalue weighted by molar-refractivity contribution is 6.07. The summed E-state index contributed by atoms with van der Waals surface area (Å²) in [5.74, 6) is -1.21. The maximum absolute atomic E-state index is 13.1. The van der Waals surface area contributed by atoms with Crippen molar-refractivity contribution in [3.8, 4) is 0 Å². The predicted octanol–water partition coefficient (Wildman–Crippen LogP) is 2.38. The van der Waals surface area contributed by atoms with E-state index < -0.39 is 36.4 Å². The number of benzene rings is 1. The molecule has 2 heterocycles. The van der Waals surface area contributed by atoms with E-state index in [0.29, 0.717) is 10.1 Å². The summed E-state index contributed by atoms with van der Waals surface area (Å²) in [6.45, 7) is -1.74. The van der Waals surface area contributed by atoms with Gasteiger partial charge < -0.3 is 5.32 Å². The first-order valence-electron chi connectivity index (χ1n) is 7.03. The Morgan fingerprint density at radius 3 is 2.54 bits per heavy atom. The molecular weight excluding hydrogens is 325 g/mol. The zero-order valence-electron chi connectivity index (χ0n) is 12.5. The minimum absolute atomic E-state index is 0.114. The van der Waals surface area contributed by atoms with Crippen molar-refractivity contribution < 1.29 is 22.8 Å². The van der Waals surface area contributed by atoms with Crippen LogP contribution in [-0.2, 0) is 16.9 Å². The third-order valence-corrected chi connectivity index (χ3v) is 3.96. The van der Waals surface area contributed by atoms with Crippen LogP contribution in [0, 0.1) is 5.82 Å². The second-order valence-electron chi connectivity index (χ2n) is 5.48. The van der Waals surface area contributed by atoms with Crippen LogP contribution in [0.3, 0.4) is 0 Å². The number of nitrogens with one attached hydrogen (secondary N) is 1. The van der Waals surface area contributed by atoms with Gasteiger partial charge in [0.15, 0.2) is 0 Å². The van der Waals surface area contributed by atoms with Gasteiger partial charge in [0.2, 0.25) is 0 Å². The van der Waals surface area contributed by atoms with Gasteiger partial charge in [-0.05, 0) is 24.6 Å². The van der Waals surface area contributed by atoms with E-state index >= 15 is 0 Å². The van der Waals surface area contributed by atoms with Gasteiger partial charge in [0.05, 0.1) is 6.54 Å². The minimum Gasteiger partial charge on any atom is -0.319 e. The maximum Gasteiger partial charge on any atom is 0.325 e. The Kier molecular flexibility index (Phi) is 3.78. The van der Waals surface area contributed by atoms with E-state index in [2.05, 4.69) is 10.3 Å². The first-order chi connectivity index (χ1) is 11.3. The zero-order chi connectivity index (χ0) is 17.5. The number of alkyl halides is 2. The number of urea groups is 1. The third kappa shape index (κ3) is 2.51. The number of rotatable bonds is 4. The summed E-state index contributed by atoms with van der Waals surface area (Å²) in [5, 5.41) is 2.52. The van der Waals surface area contributed by atoms with E-state index in [-0.39, 0.29) is 5.82 Å². The highest BCUT2D eigenvalue weighted by Gasteiger charge is 2.49. The number of carbonyl (C=O) groups is 2. The number of nitrogens with zero attached hydrogens (tertiary/aromatic N) is 3. The molecule has 3 amide bonds. The molecule has 0 bridgehead atoms. The summed E-state index contributed by atoms with van der Waals surface area (Å²) >= 11 is 0. The number of halogens is 3. The van der Waals surface area contributed by atoms with Gasteiger partial charge in [0, 0.05) is 12.4 Å². The first kappa shape index (κ1) is 16.0. The summed E-state index contributed by atoms with van der Waals surface area (Å²) < 4.78 is 39.4. The largest absolute Gasteiger partial charge is 0.325 e. The minimum atomic E-state index is -2.83. The van der Waals surface area contributed by atoms with Crippen LogP contribution in [0.5, 0.6) is 0 Å². The normalized spacial score (nSPS) is 20.8. The molecule has 9 heteroatoms. The van der Waals surface area contributed by atoms with Crippen LogP contribution >= 0.6 is 0 Å². The fraction of sp³-hybridized carbons (Fsp3) is 0.267. The lowest BCUT2D eigenvalue weighted by Gasteiger charge is -2.22. The molecule has 6 nitrogen and oxygen atoms in total. The van der Waals surface area contributed by atoms with Gasteiger partial charge in [-0.25, -0.2) is 14.2 Å². The Bertz CT molecular complexity index is 790. The number of carbonyl (C=O) groups excluding carboxylic acids is 2. The quantitative estimate of drug-likeness (QED) is 0.871. The number of imidazole rings is 1. The Labute approximate surface area is 134 Å². The molecule has 126 valence electrons. The second-order valence-corrected chi connectivity index (χ2v) is 5.48. The molecule has 1 N–H and O–H groups in total. The smallest absolute Gasteiger partial charge is 0.319 e. The predicted molar refractivity (Wildman–Crippen MR) is 76.3 cm³/mol. The summed E-state index contributed by atoms with van der Waals surface area (Å²) in [6.07, 6.45) is 2.23. The summed E-state index contributed by atoms with van der Waals surface area (Å²) in [5.41, 5.74) is -1.01. The molecule has 1 aliphatic rings. The van der Waals surface area contributed by atoms with Gasteiger partial charge >= 0.3 is 12.6 Å². The molecule has 1 atom stereocenters. The number of imide groups is 1. The Morgan fingerprint density at radius 1 is 1.25 bits per heavy atom. The maximum atomic E-state index is 13.1. The van der Waals surface area contributed by atoms with Crippen LogP contribution in [0.15, 0.2) is 36.7 Å². The topological polar surface area (TPSA) is 67.2 Å². The van der Waals surface area contributed by atoms with Gasteiger partial charge in [-0.15, -0.1) is 0 Å². The Balaban J connectivity index is 1.89. The molecule has 3 rings (SSSR count). The first-order valence-corrected chi connectivity index (χ1v) is 7.03. The molecule has 2 aromatic rings. The fourth-order valence-electron chi connectivity index (χ4n) is 2.60. The highest BCUT2D eigenvalue weighted by atomic mass is 19.3. The second kappa shape index (κ2) is 5.66. The summed E-state index contributed by atoms with van der Waals surface area (Å²) in [4.78, 5) is 29.4. The van der Waals surface area contributed by atoms with Gasteiger partial charge in [-0.2, -0.15) is 8.78 Å². The Morgan fingerprint density at radius 2 is 1.92 bits per heavy atom. The standard InChI is InChI=1S/C15H13F3N4O2/c1-15(9-2-4-10(16)5-3-9)12(23)22(14(24)20-15)8-11-19-6-7-21(11)13(17)18/h2-7,13H,8H2,1H3,(H,20,24). The van der Waals surface area contributed by atoms with E-state index in [1.165, 1.54) is 37.4 Å². The molecule has 1 aromatic carbocycles. The molecule has 1 aliphatic heterocycles. The lowest BCUT2D eigenvalue weighted by Crippen LogP contribution is -2.40. The van der Waals surface area contributed by atoms with E-state index in [1.807, 2.05) is 0 Å². The molecule has 1 unspecified atom stereocenters. The van der Waals surface area contributed by atoms with Crippen LogP contribution in [0.2, 0.25) is 0 Å². The van der Waals surface area contributed by atoms with E-state index in [0.717, 1.165) is 11.1 Å². The van der Waals surface area contributed by atoms with Crippen LogP contribution in [0.4, 0.5) is 18.0 Å². The molecule has 0 aliphatic carbocycles. The number of aromatic nitrogens is 2. The van der Waals surface area contributed by atoms with Gasteiger partial charge in [-0.1, -0.05) is 12.1 Å². The van der Waals surface area contributed by atoms with Gasteiger partial charge in [0.1, 0.15) is 17.2 Å². The molecule has 1 aromatic heterocycles. The molecule has 0 spiro atoms. The number of hydrogen-bond donors (Lipinski definition) is 1. The van der Waals surface area contributed by atoms with Crippen molar-refractivity contribution >= 4 is 11.9 Å². The fourth-order valence-corrected chi connectivity index (χ4v) is 2.60. The SMILES string of the molecule is CC1(c2ccc(F)cc2)NC(=O)N(Cc2nccn2C(F)F)C1=O. The van der Waals surface area contributed by atoms with Crippen molar-refractivity contribution in [2.75, 3.05) is 0 Å². The monoisotopic (exact) mass is 338 g/mol. The van der Waals surface area contributed by atoms with Crippen molar-refractivity contribution in [2.45, 2.75) is 25.6 Å². The van der Waals surface area contributed by atoms with E-state index in [1.54, 1.807) is 0 Å². The van der Waals surface area contributed by atoms with Crippen molar-refractivity contribution in [1.82, 2.24) is 19.8 Å². The summed E-state index contributed by atoms with van der Waals surface area (Å²) in [6, 6.07) is 4.39. The molecular formula is C15H13F3N4O2.